The summed E-state index contributed by atoms with van der Waals surface area (Å²) in [6, 6.07) is 11.4. The van der Waals surface area contributed by atoms with Gasteiger partial charge < -0.3 is 8.60 Å². The Morgan fingerprint density at radius 2 is 1.64 bits per heavy atom. The molecule has 7 heteroatoms. The Morgan fingerprint density at radius 1 is 0.955 bits per heavy atom. The molecule has 22 heavy (non-hydrogen) atoms. The third-order valence-electron chi connectivity index (χ3n) is 2.90. The second-order valence-electron chi connectivity index (χ2n) is 4.45. The highest BCUT2D eigenvalue weighted by molar-refractivity contribution is 7.87. The van der Waals surface area contributed by atoms with E-state index in [9.17, 15) is 17.6 Å². The summed E-state index contributed by atoms with van der Waals surface area (Å²) in [5.74, 6) is -0.558. The number of benzene rings is 2. The van der Waals surface area contributed by atoms with Crippen LogP contribution in [0.3, 0.4) is 0 Å². The standard InChI is InChI=1S/C15H9FO5S/c16-11-3-6-13(7-4-11)22(18,19)21-12-5-1-10-2-8-15(17)20-14(10)9-12/h1-9H. The molecule has 3 aromatic rings. The number of hydrogen-bond donors (Lipinski definition) is 0. The quantitative estimate of drug-likeness (QED) is 0.548. The maximum Gasteiger partial charge on any atom is 0.339 e. The lowest BCUT2D eigenvalue weighted by molar-refractivity contribution is 0.485. The van der Waals surface area contributed by atoms with Crippen LogP contribution >= 0.6 is 0 Å². The SMILES string of the molecule is O=c1ccc2ccc(OS(=O)(=O)c3ccc(F)cc3)cc2o1. The van der Waals surface area contributed by atoms with Gasteiger partial charge in [0.15, 0.2) is 0 Å². The maximum atomic E-state index is 12.8. The van der Waals surface area contributed by atoms with Crippen molar-refractivity contribution in [2.75, 3.05) is 0 Å². The van der Waals surface area contributed by atoms with Gasteiger partial charge in [0.05, 0.1) is 0 Å². The average Bonchev–Trinajstić information content (AvgIpc) is 2.47. The van der Waals surface area contributed by atoms with E-state index >= 15 is 0 Å². The molecule has 0 aliphatic heterocycles. The molecule has 0 amide bonds. The van der Waals surface area contributed by atoms with Crippen molar-refractivity contribution in [3.05, 3.63) is 70.8 Å². The van der Waals surface area contributed by atoms with Gasteiger partial charge in [0, 0.05) is 17.5 Å². The zero-order valence-electron chi connectivity index (χ0n) is 11.0. The van der Waals surface area contributed by atoms with Crippen LogP contribution in [0.2, 0.25) is 0 Å². The van der Waals surface area contributed by atoms with Crippen LogP contribution in [-0.2, 0) is 10.1 Å². The molecule has 0 bridgehead atoms. The minimum absolute atomic E-state index is 0.00817. The van der Waals surface area contributed by atoms with E-state index in [1.165, 1.54) is 18.2 Å². The molecule has 0 atom stereocenters. The highest BCUT2D eigenvalue weighted by atomic mass is 32.2. The molecule has 1 aromatic heterocycles. The average molecular weight is 320 g/mol. The first kappa shape index (κ1) is 14.3. The highest BCUT2D eigenvalue weighted by Crippen LogP contribution is 2.23. The second-order valence-corrected chi connectivity index (χ2v) is 5.99. The van der Waals surface area contributed by atoms with E-state index in [1.807, 2.05) is 0 Å². The molecule has 112 valence electrons. The summed E-state index contributed by atoms with van der Waals surface area (Å²) in [5, 5.41) is 0.631. The highest BCUT2D eigenvalue weighted by Gasteiger charge is 2.17. The monoisotopic (exact) mass is 320 g/mol. The summed E-state index contributed by atoms with van der Waals surface area (Å²) < 4.78 is 46.9. The van der Waals surface area contributed by atoms with E-state index in [0.29, 0.717) is 5.39 Å². The minimum atomic E-state index is -4.10. The molecular weight excluding hydrogens is 311 g/mol. The van der Waals surface area contributed by atoms with Crippen LogP contribution in [0.15, 0.2) is 68.7 Å². The van der Waals surface area contributed by atoms with Crippen LogP contribution < -0.4 is 9.81 Å². The van der Waals surface area contributed by atoms with Crippen molar-refractivity contribution in [1.82, 2.24) is 0 Å². The van der Waals surface area contributed by atoms with Crippen LogP contribution in [-0.4, -0.2) is 8.42 Å². The molecular formula is C15H9FO5S. The van der Waals surface area contributed by atoms with Crippen molar-refractivity contribution in [2.45, 2.75) is 4.90 Å². The van der Waals surface area contributed by atoms with Crippen molar-refractivity contribution in [3.8, 4) is 5.75 Å². The van der Waals surface area contributed by atoms with Crippen LogP contribution in [0.25, 0.3) is 11.0 Å². The minimum Gasteiger partial charge on any atom is -0.423 e. The van der Waals surface area contributed by atoms with E-state index < -0.39 is 21.6 Å². The fourth-order valence-corrected chi connectivity index (χ4v) is 2.79. The Labute approximate surface area is 124 Å². The molecule has 2 aromatic carbocycles. The molecule has 0 aliphatic carbocycles. The topological polar surface area (TPSA) is 73.6 Å². The molecule has 0 saturated heterocycles. The summed E-state index contributed by atoms with van der Waals surface area (Å²) in [7, 11) is -4.10. The van der Waals surface area contributed by atoms with Gasteiger partial charge in [-0.05, 0) is 42.5 Å². The Kier molecular flexibility index (Phi) is 3.42. The number of fused-ring (bicyclic) bond motifs is 1. The summed E-state index contributed by atoms with van der Waals surface area (Å²) in [5.41, 5.74) is -0.342. The van der Waals surface area contributed by atoms with Crippen molar-refractivity contribution in [2.24, 2.45) is 0 Å². The van der Waals surface area contributed by atoms with E-state index in [-0.39, 0.29) is 16.2 Å². The molecule has 0 spiro atoms. The molecule has 0 radical (unpaired) electrons. The lowest BCUT2D eigenvalue weighted by Crippen LogP contribution is -2.09. The zero-order valence-corrected chi connectivity index (χ0v) is 11.8. The largest absolute Gasteiger partial charge is 0.423 e. The van der Waals surface area contributed by atoms with Crippen LogP contribution in [0.5, 0.6) is 5.75 Å². The van der Waals surface area contributed by atoms with Gasteiger partial charge in [-0.25, -0.2) is 9.18 Å². The maximum absolute atomic E-state index is 12.8. The molecule has 0 fully saturated rings. The fourth-order valence-electron chi connectivity index (χ4n) is 1.87. The van der Waals surface area contributed by atoms with Crippen LogP contribution in [0.4, 0.5) is 4.39 Å². The number of halogens is 1. The van der Waals surface area contributed by atoms with Crippen LogP contribution in [0.1, 0.15) is 0 Å². The lowest BCUT2D eigenvalue weighted by atomic mass is 10.2. The predicted octanol–water partition coefficient (Wildman–Crippen LogP) is 2.70. The lowest BCUT2D eigenvalue weighted by Gasteiger charge is -2.07. The number of rotatable bonds is 3. The van der Waals surface area contributed by atoms with E-state index in [0.717, 1.165) is 24.3 Å². The van der Waals surface area contributed by atoms with E-state index in [4.69, 9.17) is 8.60 Å². The fraction of sp³-hybridized carbons (Fsp3) is 0. The van der Waals surface area contributed by atoms with Gasteiger partial charge in [-0.3, -0.25) is 0 Å². The molecule has 0 unspecified atom stereocenters. The first-order valence-electron chi connectivity index (χ1n) is 6.18. The van der Waals surface area contributed by atoms with Gasteiger partial charge in [0.1, 0.15) is 22.0 Å². The smallest absolute Gasteiger partial charge is 0.339 e. The van der Waals surface area contributed by atoms with E-state index in [1.54, 1.807) is 12.1 Å². The van der Waals surface area contributed by atoms with Gasteiger partial charge in [-0.15, -0.1) is 0 Å². The number of hydrogen-bond acceptors (Lipinski definition) is 5. The Morgan fingerprint density at radius 3 is 2.36 bits per heavy atom. The van der Waals surface area contributed by atoms with Gasteiger partial charge in [-0.1, -0.05) is 0 Å². The van der Waals surface area contributed by atoms with Crippen molar-refractivity contribution < 1.29 is 21.4 Å². The van der Waals surface area contributed by atoms with Gasteiger partial charge >= 0.3 is 15.7 Å². The van der Waals surface area contributed by atoms with Gasteiger partial charge in [-0.2, -0.15) is 8.42 Å². The van der Waals surface area contributed by atoms with Gasteiger partial charge in [0.2, 0.25) is 0 Å². The summed E-state index contributed by atoms with van der Waals surface area (Å²) in [6.45, 7) is 0. The van der Waals surface area contributed by atoms with Gasteiger partial charge in [0.25, 0.3) is 0 Å². The molecule has 3 rings (SSSR count). The Hall–Kier alpha value is -2.67. The normalized spacial score (nSPS) is 11.5. The molecule has 5 nitrogen and oxygen atoms in total. The Balaban J connectivity index is 1.98. The third-order valence-corrected chi connectivity index (χ3v) is 4.16. The van der Waals surface area contributed by atoms with Crippen molar-refractivity contribution >= 4 is 21.1 Å². The van der Waals surface area contributed by atoms with Crippen LogP contribution in [0, 0.1) is 5.82 Å². The molecule has 1 heterocycles. The van der Waals surface area contributed by atoms with Crippen molar-refractivity contribution in [1.29, 1.82) is 0 Å². The third kappa shape index (κ3) is 2.84. The second kappa shape index (κ2) is 5.27. The molecule has 0 aliphatic rings. The Bertz CT molecular complexity index is 990. The summed E-state index contributed by atoms with van der Waals surface area (Å²) in [4.78, 5) is 11.0. The van der Waals surface area contributed by atoms with E-state index in [2.05, 4.69) is 0 Å². The predicted molar refractivity (Wildman–Crippen MR) is 76.7 cm³/mol. The first-order valence-corrected chi connectivity index (χ1v) is 7.59. The molecule has 0 saturated carbocycles. The zero-order chi connectivity index (χ0) is 15.7. The van der Waals surface area contributed by atoms with Crippen molar-refractivity contribution in [3.63, 3.8) is 0 Å². The summed E-state index contributed by atoms with van der Waals surface area (Å²) >= 11 is 0. The summed E-state index contributed by atoms with van der Waals surface area (Å²) in [6.07, 6.45) is 0. The first-order chi connectivity index (χ1) is 10.4. The molecule has 0 N–H and O–H groups in total.